The molecule has 0 saturated heterocycles. The van der Waals surface area contributed by atoms with Crippen LogP contribution in [0.3, 0.4) is 0 Å². The highest BCUT2D eigenvalue weighted by atomic mass is 16.5. The molecular weight excluding hydrogens is 296 g/mol. The number of amides is 1. The SMILES string of the molecule is CCOCCOc1ccc(NC(=O)CNCc2ccco2)cc1. The molecule has 0 aliphatic heterocycles. The van der Waals surface area contributed by atoms with Crippen LogP contribution in [0.5, 0.6) is 5.75 Å². The van der Waals surface area contributed by atoms with Crippen LogP contribution >= 0.6 is 0 Å². The second-order valence-corrected chi connectivity index (χ2v) is 4.80. The van der Waals surface area contributed by atoms with E-state index >= 15 is 0 Å². The minimum atomic E-state index is -0.110. The van der Waals surface area contributed by atoms with Crippen LogP contribution in [0.4, 0.5) is 5.69 Å². The minimum absolute atomic E-state index is 0.110. The Bertz CT molecular complexity index is 567. The van der Waals surface area contributed by atoms with Gasteiger partial charge in [0.15, 0.2) is 0 Å². The maximum atomic E-state index is 11.8. The Hall–Kier alpha value is -2.31. The number of anilines is 1. The van der Waals surface area contributed by atoms with Crippen molar-refractivity contribution in [1.29, 1.82) is 0 Å². The summed E-state index contributed by atoms with van der Waals surface area (Å²) in [5, 5.41) is 5.83. The van der Waals surface area contributed by atoms with Crippen molar-refractivity contribution < 1.29 is 18.7 Å². The molecule has 1 aromatic heterocycles. The number of carbonyl (C=O) groups is 1. The number of hydrogen-bond donors (Lipinski definition) is 2. The van der Waals surface area contributed by atoms with Crippen molar-refractivity contribution in [3.8, 4) is 5.75 Å². The molecule has 6 heteroatoms. The first kappa shape index (κ1) is 17.1. The highest BCUT2D eigenvalue weighted by molar-refractivity contribution is 5.92. The van der Waals surface area contributed by atoms with Gasteiger partial charge in [-0.2, -0.15) is 0 Å². The summed E-state index contributed by atoms with van der Waals surface area (Å²) in [6.45, 7) is 4.44. The van der Waals surface area contributed by atoms with Crippen LogP contribution in [0.25, 0.3) is 0 Å². The quantitative estimate of drug-likeness (QED) is 0.658. The zero-order chi connectivity index (χ0) is 16.3. The number of benzene rings is 1. The van der Waals surface area contributed by atoms with E-state index in [2.05, 4.69) is 10.6 Å². The molecule has 0 saturated carbocycles. The smallest absolute Gasteiger partial charge is 0.238 e. The molecule has 6 nitrogen and oxygen atoms in total. The third-order valence-electron chi connectivity index (χ3n) is 3.00. The van der Waals surface area contributed by atoms with Crippen molar-refractivity contribution in [2.24, 2.45) is 0 Å². The molecule has 0 fully saturated rings. The summed E-state index contributed by atoms with van der Waals surface area (Å²) in [6, 6.07) is 10.9. The maximum absolute atomic E-state index is 11.8. The normalized spacial score (nSPS) is 10.5. The summed E-state index contributed by atoms with van der Waals surface area (Å²) in [5.74, 6) is 1.44. The Kier molecular flexibility index (Phi) is 7.16. The van der Waals surface area contributed by atoms with Gasteiger partial charge in [0, 0.05) is 12.3 Å². The summed E-state index contributed by atoms with van der Waals surface area (Å²) >= 11 is 0. The third-order valence-corrected chi connectivity index (χ3v) is 3.00. The van der Waals surface area contributed by atoms with Gasteiger partial charge >= 0.3 is 0 Å². The molecule has 0 bridgehead atoms. The molecule has 0 unspecified atom stereocenters. The van der Waals surface area contributed by atoms with E-state index in [0.717, 1.165) is 17.2 Å². The molecule has 2 N–H and O–H groups in total. The number of furan rings is 1. The molecule has 0 radical (unpaired) electrons. The van der Waals surface area contributed by atoms with Crippen LogP contribution in [0.15, 0.2) is 47.1 Å². The zero-order valence-corrected chi connectivity index (χ0v) is 13.2. The molecule has 1 aromatic carbocycles. The van der Waals surface area contributed by atoms with Crippen molar-refractivity contribution in [1.82, 2.24) is 5.32 Å². The first-order chi connectivity index (χ1) is 11.3. The van der Waals surface area contributed by atoms with Crippen LogP contribution in [0, 0.1) is 0 Å². The Labute approximate surface area is 135 Å². The van der Waals surface area contributed by atoms with Crippen molar-refractivity contribution in [2.45, 2.75) is 13.5 Å². The Morgan fingerprint density at radius 1 is 1.17 bits per heavy atom. The number of carbonyl (C=O) groups excluding carboxylic acids is 1. The lowest BCUT2D eigenvalue weighted by Gasteiger charge is -2.08. The zero-order valence-electron chi connectivity index (χ0n) is 13.2. The van der Waals surface area contributed by atoms with Crippen LogP contribution in [0.2, 0.25) is 0 Å². The molecule has 1 amide bonds. The highest BCUT2D eigenvalue weighted by Crippen LogP contribution is 2.15. The Morgan fingerprint density at radius 2 is 2.00 bits per heavy atom. The maximum Gasteiger partial charge on any atom is 0.238 e. The fourth-order valence-corrected chi connectivity index (χ4v) is 1.91. The first-order valence-corrected chi connectivity index (χ1v) is 7.61. The van der Waals surface area contributed by atoms with Gasteiger partial charge in [0.2, 0.25) is 5.91 Å². The fraction of sp³-hybridized carbons (Fsp3) is 0.353. The van der Waals surface area contributed by atoms with Gasteiger partial charge < -0.3 is 24.5 Å². The lowest BCUT2D eigenvalue weighted by molar-refractivity contribution is -0.115. The van der Waals surface area contributed by atoms with Gasteiger partial charge in [-0.05, 0) is 43.3 Å². The van der Waals surface area contributed by atoms with Gasteiger partial charge in [-0.3, -0.25) is 4.79 Å². The second kappa shape index (κ2) is 9.66. The van der Waals surface area contributed by atoms with Crippen molar-refractivity contribution in [2.75, 3.05) is 31.7 Å². The molecule has 0 atom stereocenters. The number of rotatable bonds is 10. The minimum Gasteiger partial charge on any atom is -0.491 e. The predicted octanol–water partition coefficient (Wildman–Crippen LogP) is 2.42. The lowest BCUT2D eigenvalue weighted by atomic mass is 10.3. The van der Waals surface area contributed by atoms with Crippen LogP contribution < -0.4 is 15.4 Å². The van der Waals surface area contributed by atoms with Crippen LogP contribution in [-0.2, 0) is 16.1 Å². The molecule has 0 spiro atoms. The van der Waals surface area contributed by atoms with Gasteiger partial charge in [0.05, 0.1) is 26.0 Å². The summed E-state index contributed by atoms with van der Waals surface area (Å²) in [5.41, 5.74) is 0.729. The van der Waals surface area contributed by atoms with Crippen molar-refractivity contribution in [3.63, 3.8) is 0 Å². The van der Waals surface area contributed by atoms with Crippen LogP contribution in [-0.4, -0.2) is 32.3 Å². The Morgan fingerprint density at radius 3 is 2.70 bits per heavy atom. The topological polar surface area (TPSA) is 72.7 Å². The van der Waals surface area contributed by atoms with E-state index in [1.165, 1.54) is 0 Å². The second-order valence-electron chi connectivity index (χ2n) is 4.80. The largest absolute Gasteiger partial charge is 0.491 e. The molecule has 0 aliphatic carbocycles. The summed E-state index contributed by atoms with van der Waals surface area (Å²) in [4.78, 5) is 11.8. The molecule has 0 aliphatic rings. The fourth-order valence-electron chi connectivity index (χ4n) is 1.91. The van der Waals surface area contributed by atoms with E-state index in [1.54, 1.807) is 18.4 Å². The van der Waals surface area contributed by atoms with Crippen molar-refractivity contribution in [3.05, 3.63) is 48.4 Å². The number of ether oxygens (including phenoxy) is 2. The van der Waals surface area contributed by atoms with Crippen LogP contribution in [0.1, 0.15) is 12.7 Å². The Balaban J connectivity index is 1.67. The molecular formula is C17H22N2O4. The molecule has 2 rings (SSSR count). The van der Waals surface area contributed by atoms with E-state index in [0.29, 0.717) is 26.4 Å². The standard InChI is InChI=1S/C17H22N2O4/c1-2-21-10-11-23-15-7-5-14(6-8-15)19-17(20)13-18-12-16-4-3-9-22-16/h3-9,18H,2,10-13H2,1H3,(H,19,20). The van der Waals surface area contributed by atoms with Gasteiger partial charge in [-0.25, -0.2) is 0 Å². The van der Waals surface area contributed by atoms with E-state index in [-0.39, 0.29) is 12.5 Å². The van der Waals surface area contributed by atoms with E-state index in [4.69, 9.17) is 13.9 Å². The first-order valence-electron chi connectivity index (χ1n) is 7.61. The molecule has 1 heterocycles. The average Bonchev–Trinajstić information content (AvgIpc) is 3.06. The average molecular weight is 318 g/mol. The summed E-state index contributed by atoms with van der Waals surface area (Å²) in [6.07, 6.45) is 1.61. The van der Waals surface area contributed by atoms with Gasteiger partial charge in [-0.1, -0.05) is 0 Å². The predicted molar refractivity (Wildman–Crippen MR) is 87.5 cm³/mol. The molecule has 2 aromatic rings. The third kappa shape index (κ3) is 6.54. The van der Waals surface area contributed by atoms with Gasteiger partial charge in [0.1, 0.15) is 18.1 Å². The number of nitrogens with one attached hydrogen (secondary N) is 2. The van der Waals surface area contributed by atoms with E-state index in [1.807, 2.05) is 31.2 Å². The molecule has 124 valence electrons. The van der Waals surface area contributed by atoms with Gasteiger partial charge in [0.25, 0.3) is 0 Å². The van der Waals surface area contributed by atoms with Crippen molar-refractivity contribution >= 4 is 11.6 Å². The highest BCUT2D eigenvalue weighted by Gasteiger charge is 2.03. The van der Waals surface area contributed by atoms with Gasteiger partial charge in [-0.15, -0.1) is 0 Å². The van der Waals surface area contributed by atoms with E-state index in [9.17, 15) is 4.79 Å². The van der Waals surface area contributed by atoms with E-state index < -0.39 is 0 Å². The number of hydrogen-bond acceptors (Lipinski definition) is 5. The summed E-state index contributed by atoms with van der Waals surface area (Å²) in [7, 11) is 0. The molecule has 23 heavy (non-hydrogen) atoms. The summed E-state index contributed by atoms with van der Waals surface area (Å²) < 4.78 is 15.9. The monoisotopic (exact) mass is 318 g/mol. The lowest BCUT2D eigenvalue weighted by Crippen LogP contribution is -2.27.